The Bertz CT molecular complexity index is 467. The van der Waals surface area contributed by atoms with Crippen molar-refractivity contribution in [1.82, 2.24) is 5.32 Å². The van der Waals surface area contributed by atoms with Crippen molar-refractivity contribution in [1.29, 1.82) is 0 Å². The van der Waals surface area contributed by atoms with Gasteiger partial charge in [0.2, 0.25) is 5.91 Å². The Morgan fingerprint density at radius 2 is 1.90 bits per heavy atom. The molecule has 1 aromatic carbocycles. The van der Waals surface area contributed by atoms with E-state index in [0.29, 0.717) is 13.0 Å². The fourth-order valence-corrected chi connectivity index (χ4v) is 2.84. The number of nitrogens with one attached hydrogen (secondary N) is 1. The number of aryl methyl sites for hydroxylation is 2. The number of hydrogen-bond donors (Lipinski definition) is 2. The molecule has 0 aromatic heterocycles. The second kappa shape index (κ2) is 7.46. The van der Waals surface area contributed by atoms with Crippen LogP contribution >= 0.6 is 0 Å². The molecule has 0 aliphatic heterocycles. The third-order valence-electron chi connectivity index (χ3n) is 3.87. The Morgan fingerprint density at radius 3 is 2.57 bits per heavy atom. The van der Waals surface area contributed by atoms with Crippen LogP contribution in [0, 0.1) is 13.8 Å². The second-order valence-electron chi connectivity index (χ2n) is 5.95. The van der Waals surface area contributed by atoms with Gasteiger partial charge in [0.25, 0.3) is 0 Å². The van der Waals surface area contributed by atoms with E-state index in [1.807, 2.05) is 26.0 Å². The summed E-state index contributed by atoms with van der Waals surface area (Å²) in [5.41, 5.74) is 2.31. The van der Waals surface area contributed by atoms with Crippen LogP contribution in [0.2, 0.25) is 0 Å². The smallest absolute Gasteiger partial charge is 0.223 e. The molecule has 2 rings (SSSR count). The fraction of sp³-hybridized carbons (Fsp3) is 0.588. The zero-order valence-electron chi connectivity index (χ0n) is 12.9. The van der Waals surface area contributed by atoms with Crippen molar-refractivity contribution in [2.24, 2.45) is 0 Å². The van der Waals surface area contributed by atoms with Gasteiger partial charge in [0.05, 0.1) is 25.2 Å². The monoisotopic (exact) mass is 291 g/mol. The number of benzene rings is 1. The first-order chi connectivity index (χ1) is 10.0. The summed E-state index contributed by atoms with van der Waals surface area (Å²) < 4.78 is 5.63. The molecule has 2 atom stereocenters. The zero-order valence-corrected chi connectivity index (χ0v) is 12.9. The predicted octanol–water partition coefficient (Wildman–Crippen LogP) is 2.49. The van der Waals surface area contributed by atoms with Crippen LogP contribution in [0.3, 0.4) is 0 Å². The van der Waals surface area contributed by atoms with E-state index in [2.05, 4.69) is 11.4 Å². The maximum absolute atomic E-state index is 11.9. The molecule has 4 heteroatoms. The van der Waals surface area contributed by atoms with Crippen LogP contribution in [-0.4, -0.2) is 29.8 Å². The molecule has 1 aliphatic rings. The van der Waals surface area contributed by atoms with Gasteiger partial charge in [-0.2, -0.15) is 0 Å². The molecule has 21 heavy (non-hydrogen) atoms. The lowest BCUT2D eigenvalue weighted by Gasteiger charge is -2.28. The molecule has 4 nitrogen and oxygen atoms in total. The van der Waals surface area contributed by atoms with Crippen LogP contribution in [0.5, 0.6) is 5.75 Å². The number of ether oxygens (including phenoxy) is 1. The number of rotatable bonds is 5. The number of carbonyl (C=O) groups excluding carboxylic acids is 1. The van der Waals surface area contributed by atoms with Gasteiger partial charge in [0.15, 0.2) is 0 Å². The first-order valence-corrected chi connectivity index (χ1v) is 7.73. The Kier molecular flexibility index (Phi) is 5.62. The Hall–Kier alpha value is -1.55. The van der Waals surface area contributed by atoms with Crippen molar-refractivity contribution < 1.29 is 14.6 Å². The predicted molar refractivity (Wildman–Crippen MR) is 82.4 cm³/mol. The highest BCUT2D eigenvalue weighted by molar-refractivity contribution is 5.76. The molecular formula is C17H25NO3. The van der Waals surface area contributed by atoms with Crippen LogP contribution < -0.4 is 10.1 Å². The van der Waals surface area contributed by atoms with Gasteiger partial charge in [0, 0.05) is 0 Å². The minimum atomic E-state index is -0.400. The van der Waals surface area contributed by atoms with Crippen LogP contribution in [0.4, 0.5) is 0 Å². The molecule has 1 aliphatic carbocycles. The average Bonchev–Trinajstić information content (AvgIpc) is 2.40. The van der Waals surface area contributed by atoms with Gasteiger partial charge >= 0.3 is 0 Å². The quantitative estimate of drug-likeness (QED) is 0.876. The summed E-state index contributed by atoms with van der Waals surface area (Å²) in [6, 6.07) is 5.93. The third-order valence-corrected chi connectivity index (χ3v) is 3.87. The first kappa shape index (κ1) is 15.8. The SMILES string of the molecule is Cc1cc(C)cc(OCCC(=O)NC2CCCCC2O)c1. The van der Waals surface area contributed by atoms with E-state index >= 15 is 0 Å². The van der Waals surface area contributed by atoms with Crippen molar-refractivity contribution >= 4 is 5.91 Å². The van der Waals surface area contributed by atoms with E-state index in [4.69, 9.17) is 4.74 Å². The number of aliphatic hydroxyl groups is 1. The molecular weight excluding hydrogens is 266 g/mol. The first-order valence-electron chi connectivity index (χ1n) is 7.73. The van der Waals surface area contributed by atoms with Gasteiger partial charge in [-0.25, -0.2) is 0 Å². The minimum Gasteiger partial charge on any atom is -0.493 e. The molecule has 1 amide bonds. The second-order valence-corrected chi connectivity index (χ2v) is 5.95. The maximum atomic E-state index is 11.9. The van der Waals surface area contributed by atoms with Crippen LogP contribution in [0.25, 0.3) is 0 Å². The Balaban J connectivity index is 1.73. The maximum Gasteiger partial charge on any atom is 0.223 e. The average molecular weight is 291 g/mol. The molecule has 1 fully saturated rings. The molecule has 0 saturated heterocycles. The van der Waals surface area contributed by atoms with E-state index in [9.17, 15) is 9.90 Å². The summed E-state index contributed by atoms with van der Waals surface area (Å²) >= 11 is 0. The van der Waals surface area contributed by atoms with Crippen LogP contribution in [-0.2, 0) is 4.79 Å². The van der Waals surface area contributed by atoms with Crippen molar-refractivity contribution in [3.63, 3.8) is 0 Å². The fourth-order valence-electron chi connectivity index (χ4n) is 2.84. The number of carbonyl (C=O) groups is 1. The molecule has 0 heterocycles. The lowest BCUT2D eigenvalue weighted by molar-refractivity contribution is -0.123. The van der Waals surface area contributed by atoms with E-state index in [0.717, 1.165) is 42.6 Å². The molecule has 2 unspecified atom stereocenters. The summed E-state index contributed by atoms with van der Waals surface area (Å²) in [5.74, 6) is 0.753. The molecule has 0 radical (unpaired) electrons. The van der Waals surface area contributed by atoms with E-state index < -0.39 is 6.10 Å². The normalized spacial score (nSPS) is 21.9. The van der Waals surface area contributed by atoms with Crippen LogP contribution in [0.15, 0.2) is 18.2 Å². The highest BCUT2D eigenvalue weighted by Gasteiger charge is 2.24. The van der Waals surface area contributed by atoms with Gasteiger partial charge in [-0.05, 0) is 49.9 Å². The molecule has 0 spiro atoms. The molecule has 1 saturated carbocycles. The van der Waals surface area contributed by atoms with Gasteiger partial charge < -0.3 is 15.2 Å². The number of aliphatic hydroxyl groups excluding tert-OH is 1. The van der Waals surface area contributed by atoms with E-state index in [1.165, 1.54) is 0 Å². The molecule has 1 aromatic rings. The zero-order chi connectivity index (χ0) is 15.2. The van der Waals surface area contributed by atoms with E-state index in [-0.39, 0.29) is 11.9 Å². The lowest BCUT2D eigenvalue weighted by Crippen LogP contribution is -2.45. The molecule has 116 valence electrons. The summed E-state index contributed by atoms with van der Waals surface area (Å²) in [7, 11) is 0. The highest BCUT2D eigenvalue weighted by atomic mass is 16.5. The largest absolute Gasteiger partial charge is 0.493 e. The summed E-state index contributed by atoms with van der Waals surface area (Å²) in [4.78, 5) is 11.9. The Labute approximate surface area is 126 Å². The van der Waals surface area contributed by atoms with Crippen LogP contribution in [0.1, 0.15) is 43.2 Å². The lowest BCUT2D eigenvalue weighted by atomic mass is 9.92. The summed E-state index contributed by atoms with van der Waals surface area (Å²) in [6.45, 7) is 4.41. The number of hydrogen-bond acceptors (Lipinski definition) is 3. The van der Waals surface area contributed by atoms with E-state index in [1.54, 1.807) is 0 Å². The third kappa shape index (κ3) is 5.05. The standard InChI is InChI=1S/C17H25NO3/c1-12-9-13(2)11-14(10-12)21-8-7-17(20)18-15-5-3-4-6-16(15)19/h9-11,15-16,19H,3-8H2,1-2H3,(H,18,20). The van der Waals surface area contributed by atoms with Crippen molar-refractivity contribution in [2.45, 2.75) is 58.1 Å². The summed E-state index contributed by atoms with van der Waals surface area (Å²) in [5, 5.41) is 12.7. The van der Waals surface area contributed by atoms with Crippen molar-refractivity contribution in [2.75, 3.05) is 6.61 Å². The molecule has 2 N–H and O–H groups in total. The molecule has 0 bridgehead atoms. The summed E-state index contributed by atoms with van der Waals surface area (Å²) in [6.07, 6.45) is 3.68. The van der Waals surface area contributed by atoms with Crippen molar-refractivity contribution in [3.05, 3.63) is 29.3 Å². The van der Waals surface area contributed by atoms with Gasteiger partial charge in [0.1, 0.15) is 5.75 Å². The van der Waals surface area contributed by atoms with Gasteiger partial charge in [-0.1, -0.05) is 18.9 Å². The topological polar surface area (TPSA) is 58.6 Å². The van der Waals surface area contributed by atoms with Crippen molar-refractivity contribution in [3.8, 4) is 5.75 Å². The minimum absolute atomic E-state index is 0.0506. The van der Waals surface area contributed by atoms with Gasteiger partial charge in [-0.3, -0.25) is 4.79 Å². The Morgan fingerprint density at radius 1 is 1.24 bits per heavy atom. The van der Waals surface area contributed by atoms with Gasteiger partial charge in [-0.15, -0.1) is 0 Å². The number of amides is 1. The highest BCUT2D eigenvalue weighted by Crippen LogP contribution is 2.19.